The van der Waals surface area contributed by atoms with Gasteiger partial charge in [-0.3, -0.25) is 4.79 Å². The number of carbonyl (C=O) groups is 1. The summed E-state index contributed by atoms with van der Waals surface area (Å²) in [5.74, 6) is 1.34. The largest absolute Gasteiger partial charge is 0.504 e. The van der Waals surface area contributed by atoms with Crippen molar-refractivity contribution in [1.82, 2.24) is 5.32 Å². The molecule has 0 radical (unpaired) electrons. The second-order valence-electron chi connectivity index (χ2n) is 6.61. The molecule has 1 aliphatic carbocycles. The lowest BCUT2D eigenvalue weighted by Crippen LogP contribution is -2.38. The molecule has 0 aromatic heterocycles. The average molecular weight is 331 g/mol. The zero-order valence-corrected chi connectivity index (χ0v) is 14.8. The maximum atomic E-state index is 12.2. The van der Waals surface area contributed by atoms with E-state index in [0.717, 1.165) is 24.3 Å². The number of methoxy groups -OCH3 is 1. The molecule has 4 nitrogen and oxygen atoms in total. The van der Waals surface area contributed by atoms with Gasteiger partial charge in [-0.25, -0.2) is 0 Å². The Morgan fingerprint density at radius 1 is 1.33 bits per heavy atom. The van der Waals surface area contributed by atoms with Crippen LogP contribution in [0.3, 0.4) is 0 Å². The molecule has 24 heavy (non-hydrogen) atoms. The van der Waals surface area contributed by atoms with Crippen LogP contribution in [0.25, 0.3) is 0 Å². The van der Waals surface area contributed by atoms with Crippen molar-refractivity contribution in [2.24, 2.45) is 5.92 Å². The summed E-state index contributed by atoms with van der Waals surface area (Å²) in [7, 11) is 1.51. The Hall–Kier alpha value is -1.97. The number of phenolic OH excluding ortho intramolecular Hbond substituents is 1. The molecule has 0 atom stereocenters. The van der Waals surface area contributed by atoms with Gasteiger partial charge in [0.05, 0.1) is 13.5 Å². The van der Waals surface area contributed by atoms with E-state index < -0.39 is 0 Å². The zero-order chi connectivity index (χ0) is 17.4. The van der Waals surface area contributed by atoms with Gasteiger partial charge in [-0.05, 0) is 69.1 Å². The van der Waals surface area contributed by atoms with E-state index in [4.69, 9.17) is 4.74 Å². The van der Waals surface area contributed by atoms with Crippen LogP contribution in [0.1, 0.15) is 51.0 Å². The molecule has 0 saturated heterocycles. The van der Waals surface area contributed by atoms with E-state index in [1.54, 1.807) is 18.2 Å². The molecule has 2 N–H and O–H groups in total. The first-order chi connectivity index (χ1) is 11.6. The molecule has 2 rings (SSSR count). The van der Waals surface area contributed by atoms with E-state index in [0.29, 0.717) is 18.2 Å². The van der Waals surface area contributed by atoms with Crippen molar-refractivity contribution in [3.63, 3.8) is 0 Å². The maximum absolute atomic E-state index is 12.2. The van der Waals surface area contributed by atoms with Crippen LogP contribution in [-0.2, 0) is 11.2 Å². The lowest BCUT2D eigenvalue weighted by Gasteiger charge is -2.29. The van der Waals surface area contributed by atoms with Crippen LogP contribution < -0.4 is 10.1 Å². The van der Waals surface area contributed by atoms with Crippen LogP contribution in [0, 0.1) is 5.92 Å². The Morgan fingerprint density at radius 3 is 2.75 bits per heavy atom. The summed E-state index contributed by atoms with van der Waals surface area (Å²) in [5, 5.41) is 12.8. The maximum Gasteiger partial charge on any atom is 0.224 e. The molecular weight excluding hydrogens is 302 g/mol. The second kappa shape index (κ2) is 9.36. The summed E-state index contributed by atoms with van der Waals surface area (Å²) in [5.41, 5.74) is 0.849. The number of rotatable bonds is 7. The van der Waals surface area contributed by atoms with Gasteiger partial charge >= 0.3 is 0 Å². The van der Waals surface area contributed by atoms with Crippen molar-refractivity contribution in [1.29, 1.82) is 0 Å². The number of aromatic hydroxyl groups is 1. The molecule has 132 valence electrons. The van der Waals surface area contributed by atoms with Crippen LogP contribution in [-0.4, -0.2) is 24.2 Å². The summed E-state index contributed by atoms with van der Waals surface area (Å²) in [6, 6.07) is 5.34. The fourth-order valence-corrected chi connectivity index (χ4v) is 3.39. The van der Waals surface area contributed by atoms with Gasteiger partial charge in [0, 0.05) is 6.04 Å². The molecule has 0 heterocycles. The van der Waals surface area contributed by atoms with Crippen molar-refractivity contribution < 1.29 is 14.6 Å². The summed E-state index contributed by atoms with van der Waals surface area (Å²) in [4.78, 5) is 12.2. The van der Waals surface area contributed by atoms with Gasteiger partial charge in [0.15, 0.2) is 11.5 Å². The molecule has 0 spiro atoms. The molecular formula is C20H29NO3. The highest BCUT2D eigenvalue weighted by molar-refractivity contribution is 5.79. The Balaban J connectivity index is 1.75. The Morgan fingerprint density at radius 2 is 2.08 bits per heavy atom. The number of ether oxygens (including phenoxy) is 1. The van der Waals surface area contributed by atoms with Crippen LogP contribution >= 0.6 is 0 Å². The van der Waals surface area contributed by atoms with Gasteiger partial charge in [-0.2, -0.15) is 0 Å². The Bertz CT molecular complexity index is 560. The van der Waals surface area contributed by atoms with Crippen molar-refractivity contribution >= 4 is 5.91 Å². The molecule has 1 aromatic rings. The van der Waals surface area contributed by atoms with Crippen molar-refractivity contribution in [2.45, 2.75) is 57.9 Å². The van der Waals surface area contributed by atoms with Crippen LogP contribution in [0.2, 0.25) is 0 Å². The molecule has 1 fully saturated rings. The zero-order valence-electron chi connectivity index (χ0n) is 14.8. The van der Waals surface area contributed by atoms with Crippen molar-refractivity contribution in [3.05, 3.63) is 35.9 Å². The molecule has 4 heteroatoms. The minimum absolute atomic E-state index is 0.0418. The van der Waals surface area contributed by atoms with E-state index in [2.05, 4.69) is 24.4 Å². The monoisotopic (exact) mass is 331 g/mol. The summed E-state index contributed by atoms with van der Waals surface area (Å²) in [6.07, 6.45) is 11.7. The fourth-order valence-electron chi connectivity index (χ4n) is 3.39. The van der Waals surface area contributed by atoms with E-state index in [1.165, 1.54) is 32.8 Å². The third-order valence-electron chi connectivity index (χ3n) is 4.80. The quantitative estimate of drug-likeness (QED) is 0.743. The minimum Gasteiger partial charge on any atom is -0.504 e. The molecule has 0 unspecified atom stereocenters. The lowest BCUT2D eigenvalue weighted by atomic mass is 9.83. The van der Waals surface area contributed by atoms with Crippen LogP contribution in [0.5, 0.6) is 11.5 Å². The number of nitrogens with one attached hydrogen (secondary N) is 1. The number of hydrogen-bond acceptors (Lipinski definition) is 3. The fraction of sp³-hybridized carbons (Fsp3) is 0.550. The van der Waals surface area contributed by atoms with Gasteiger partial charge in [0.2, 0.25) is 5.91 Å². The number of benzene rings is 1. The first kappa shape index (κ1) is 18.4. The van der Waals surface area contributed by atoms with Gasteiger partial charge in [0.25, 0.3) is 0 Å². The molecule has 1 amide bonds. The van der Waals surface area contributed by atoms with Crippen molar-refractivity contribution in [2.75, 3.05) is 7.11 Å². The number of phenols is 1. The number of allylic oxidation sites excluding steroid dienone is 2. The number of hydrogen-bond donors (Lipinski definition) is 2. The summed E-state index contributed by atoms with van der Waals surface area (Å²) >= 11 is 0. The Labute approximate surface area is 144 Å². The molecule has 1 aromatic carbocycles. The third kappa shape index (κ3) is 5.59. The smallest absolute Gasteiger partial charge is 0.224 e. The van der Waals surface area contributed by atoms with Gasteiger partial charge in [0.1, 0.15) is 0 Å². The van der Waals surface area contributed by atoms with Gasteiger partial charge in [-0.1, -0.05) is 18.2 Å². The van der Waals surface area contributed by atoms with E-state index in [9.17, 15) is 9.90 Å². The predicted molar refractivity (Wildman–Crippen MR) is 96.3 cm³/mol. The second-order valence-corrected chi connectivity index (χ2v) is 6.61. The molecule has 1 saturated carbocycles. The van der Waals surface area contributed by atoms with E-state index in [-0.39, 0.29) is 11.7 Å². The molecule has 0 bridgehead atoms. The van der Waals surface area contributed by atoms with Crippen LogP contribution in [0.15, 0.2) is 30.4 Å². The average Bonchev–Trinajstić information content (AvgIpc) is 2.58. The molecule has 0 aliphatic heterocycles. The SMILES string of the molecule is CC=CCCC1CCC(NC(=O)Cc2ccc(O)c(OC)c2)CC1. The predicted octanol–water partition coefficient (Wildman–Crippen LogP) is 3.97. The Kier molecular flexibility index (Phi) is 7.16. The van der Waals surface area contributed by atoms with Gasteiger partial charge < -0.3 is 15.2 Å². The standard InChI is InChI=1S/C20H29NO3/c1-3-4-5-6-15-7-10-17(11-8-15)21-20(23)14-16-9-12-18(22)19(13-16)24-2/h3-4,9,12-13,15,17,22H,5-8,10-11,14H2,1-2H3,(H,21,23). The highest BCUT2D eigenvalue weighted by atomic mass is 16.5. The number of carbonyl (C=O) groups excluding carboxylic acids is 1. The highest BCUT2D eigenvalue weighted by Gasteiger charge is 2.22. The minimum atomic E-state index is 0.0418. The lowest BCUT2D eigenvalue weighted by molar-refractivity contribution is -0.121. The van der Waals surface area contributed by atoms with Crippen molar-refractivity contribution in [3.8, 4) is 11.5 Å². The first-order valence-corrected chi connectivity index (χ1v) is 8.88. The molecule has 1 aliphatic rings. The first-order valence-electron chi connectivity index (χ1n) is 8.88. The van der Waals surface area contributed by atoms with Crippen LogP contribution in [0.4, 0.5) is 0 Å². The van der Waals surface area contributed by atoms with Gasteiger partial charge in [-0.15, -0.1) is 0 Å². The van der Waals surface area contributed by atoms with E-state index >= 15 is 0 Å². The summed E-state index contributed by atoms with van der Waals surface area (Å²) < 4.78 is 5.08. The highest BCUT2D eigenvalue weighted by Crippen LogP contribution is 2.29. The topological polar surface area (TPSA) is 58.6 Å². The third-order valence-corrected chi connectivity index (χ3v) is 4.80. The van der Waals surface area contributed by atoms with E-state index in [1.807, 2.05) is 0 Å². The summed E-state index contributed by atoms with van der Waals surface area (Å²) in [6.45, 7) is 2.07. The normalized spacial score (nSPS) is 20.9. The number of amides is 1.